The van der Waals surface area contributed by atoms with Gasteiger partial charge in [0.25, 0.3) is 10.1 Å². The van der Waals surface area contributed by atoms with Crippen molar-refractivity contribution >= 4 is 22.1 Å². The van der Waals surface area contributed by atoms with Gasteiger partial charge in [0.1, 0.15) is 36.8 Å². The molecule has 1 rings (SSSR count). The average Bonchev–Trinajstić information content (AvgIpc) is 3.16. The molecule has 0 aromatic heterocycles. The maximum atomic E-state index is 12.8. The van der Waals surface area contributed by atoms with Crippen molar-refractivity contribution in [2.75, 3.05) is 19.0 Å². The van der Waals surface area contributed by atoms with Crippen LogP contribution in [0.3, 0.4) is 0 Å². The van der Waals surface area contributed by atoms with Gasteiger partial charge in [-0.2, -0.15) is 8.42 Å². The van der Waals surface area contributed by atoms with E-state index < -0.39 is 71.2 Å². The number of carbonyl (C=O) groups is 2. The second-order valence-electron chi connectivity index (χ2n) is 15.7. The van der Waals surface area contributed by atoms with E-state index in [1.807, 2.05) is 0 Å². The molecule has 0 aliphatic carbocycles. The molecule has 1 aliphatic rings. The van der Waals surface area contributed by atoms with E-state index in [9.17, 15) is 37.9 Å². The van der Waals surface area contributed by atoms with Crippen molar-refractivity contribution in [1.29, 1.82) is 0 Å². The highest BCUT2D eigenvalue weighted by Gasteiger charge is 2.46. The van der Waals surface area contributed by atoms with Crippen molar-refractivity contribution < 1.29 is 56.8 Å². The molecule has 0 amide bonds. The number of carbonyl (C=O) groups excluding carboxylic acids is 2. The minimum Gasteiger partial charge on any atom is -0.462 e. The molecule has 12 nitrogen and oxygen atoms in total. The van der Waals surface area contributed by atoms with E-state index in [4.69, 9.17) is 18.9 Å². The van der Waals surface area contributed by atoms with E-state index in [0.717, 1.165) is 57.8 Å². The first-order chi connectivity index (χ1) is 27.0. The molecule has 0 radical (unpaired) electrons. The van der Waals surface area contributed by atoms with Gasteiger partial charge in [-0.1, -0.05) is 154 Å². The first-order valence-corrected chi connectivity index (χ1v) is 23.9. The van der Waals surface area contributed by atoms with Gasteiger partial charge in [0.15, 0.2) is 12.4 Å². The summed E-state index contributed by atoms with van der Waals surface area (Å²) in [5, 5.41) is 30.8. The van der Waals surface area contributed by atoms with Gasteiger partial charge in [0.05, 0.1) is 6.61 Å². The molecule has 0 bridgehead atoms. The highest BCUT2D eigenvalue weighted by atomic mass is 32.2. The lowest BCUT2D eigenvalue weighted by Crippen LogP contribution is -2.60. The van der Waals surface area contributed by atoms with Gasteiger partial charge in [-0.05, 0) is 38.5 Å². The summed E-state index contributed by atoms with van der Waals surface area (Å²) in [6.45, 7) is 3.75. The topological polar surface area (TPSA) is 186 Å². The molecule has 13 heteroatoms. The van der Waals surface area contributed by atoms with Gasteiger partial charge >= 0.3 is 11.9 Å². The first kappa shape index (κ1) is 52.4. The van der Waals surface area contributed by atoms with Crippen LogP contribution >= 0.6 is 0 Å². The van der Waals surface area contributed by atoms with Gasteiger partial charge in [-0.25, -0.2) is 0 Å². The van der Waals surface area contributed by atoms with Crippen molar-refractivity contribution in [2.24, 2.45) is 0 Å². The summed E-state index contributed by atoms with van der Waals surface area (Å²) in [7, 11) is -4.60. The molecule has 1 fully saturated rings. The van der Waals surface area contributed by atoms with Crippen molar-refractivity contribution in [3.8, 4) is 0 Å². The lowest BCUT2D eigenvalue weighted by atomic mass is 10.00. The molecule has 4 N–H and O–H groups in total. The summed E-state index contributed by atoms with van der Waals surface area (Å²) in [4.78, 5) is 25.3. The third-order valence-electron chi connectivity index (χ3n) is 10.3. The summed E-state index contributed by atoms with van der Waals surface area (Å²) in [6.07, 6.45) is 25.4. The normalized spacial score (nSPS) is 20.7. The number of hydrogen-bond acceptors (Lipinski definition) is 11. The van der Waals surface area contributed by atoms with Crippen LogP contribution < -0.4 is 0 Å². The zero-order valence-corrected chi connectivity index (χ0v) is 35.8. The molecule has 0 spiro atoms. The maximum Gasteiger partial charge on any atom is 0.306 e. The highest BCUT2D eigenvalue weighted by Crippen LogP contribution is 2.24. The van der Waals surface area contributed by atoms with Crippen molar-refractivity contribution in [1.82, 2.24) is 0 Å². The molecule has 56 heavy (non-hydrogen) atoms. The Morgan fingerprint density at radius 2 is 1.02 bits per heavy atom. The van der Waals surface area contributed by atoms with E-state index in [-0.39, 0.29) is 19.4 Å². The Kier molecular flexibility index (Phi) is 32.1. The van der Waals surface area contributed by atoms with Crippen LogP contribution in [-0.2, 0) is 38.7 Å². The van der Waals surface area contributed by atoms with Gasteiger partial charge in [0, 0.05) is 12.8 Å². The van der Waals surface area contributed by atoms with Crippen LogP contribution in [0.2, 0.25) is 0 Å². The number of aliphatic hydroxyl groups is 3. The Morgan fingerprint density at radius 3 is 1.48 bits per heavy atom. The van der Waals surface area contributed by atoms with Gasteiger partial charge in [0.2, 0.25) is 0 Å². The fourth-order valence-electron chi connectivity index (χ4n) is 6.85. The number of allylic oxidation sites excluding steroid dienone is 2. The van der Waals surface area contributed by atoms with Crippen LogP contribution in [0.5, 0.6) is 0 Å². The lowest BCUT2D eigenvalue weighted by molar-refractivity contribution is -0.297. The minimum atomic E-state index is -4.60. The molecule has 0 saturated carbocycles. The predicted octanol–water partition coefficient (Wildman–Crippen LogP) is 8.67. The first-order valence-electron chi connectivity index (χ1n) is 22.2. The summed E-state index contributed by atoms with van der Waals surface area (Å²) < 4.78 is 54.0. The second-order valence-corrected chi connectivity index (χ2v) is 17.2. The average molecular weight is 821 g/mol. The minimum absolute atomic E-state index is 0.168. The number of rotatable bonds is 37. The standard InChI is InChI=1S/C43H80O12S/c1-3-5-7-9-11-13-15-17-18-20-21-23-25-27-29-31-38(44)52-33-36(34-53-43-42(48)41(47)40(46)37(55-43)35-56(49,50)51)54-39(45)32-30-28-26-24-22-19-16-14-12-10-8-6-4-2/h17-18,36-37,40-43,46-48H,3-16,19-35H2,1-2H3,(H,49,50,51)/b18-17+/t36-,37-,40-,41?,42?,43+/m1/s1. The zero-order valence-electron chi connectivity index (χ0n) is 35.0. The smallest absolute Gasteiger partial charge is 0.306 e. The molecule has 1 aliphatic heterocycles. The van der Waals surface area contributed by atoms with Gasteiger partial charge in [-0.15, -0.1) is 0 Å². The molecule has 0 aromatic carbocycles. The molecule has 1 heterocycles. The molecule has 330 valence electrons. The number of hydrogen-bond donors (Lipinski definition) is 4. The highest BCUT2D eigenvalue weighted by molar-refractivity contribution is 7.85. The van der Waals surface area contributed by atoms with Crippen LogP contribution in [0, 0.1) is 0 Å². The lowest BCUT2D eigenvalue weighted by Gasteiger charge is -2.40. The summed E-state index contributed by atoms with van der Waals surface area (Å²) in [6, 6.07) is 0. The molecular formula is C43H80O12S. The van der Waals surface area contributed by atoms with Gasteiger partial charge < -0.3 is 34.3 Å². The Morgan fingerprint density at radius 1 is 0.589 bits per heavy atom. The Labute approximate surface area is 339 Å². The van der Waals surface area contributed by atoms with E-state index in [1.165, 1.54) is 96.3 Å². The summed E-state index contributed by atoms with van der Waals surface area (Å²) in [5.41, 5.74) is 0. The number of aliphatic hydroxyl groups excluding tert-OH is 3. The number of esters is 2. The largest absolute Gasteiger partial charge is 0.462 e. The van der Waals surface area contributed by atoms with E-state index >= 15 is 0 Å². The van der Waals surface area contributed by atoms with E-state index in [1.54, 1.807) is 0 Å². The Hall–Kier alpha value is -1.61. The fraction of sp³-hybridized carbons (Fsp3) is 0.907. The molecule has 2 unspecified atom stereocenters. The fourth-order valence-corrected chi connectivity index (χ4v) is 7.54. The Bertz CT molecular complexity index is 1100. The quantitative estimate of drug-likeness (QED) is 0.0203. The maximum absolute atomic E-state index is 12.8. The van der Waals surface area contributed by atoms with Crippen LogP contribution in [0.25, 0.3) is 0 Å². The van der Waals surface area contributed by atoms with E-state index in [2.05, 4.69) is 26.0 Å². The Balaban J connectivity index is 2.46. The third-order valence-corrected chi connectivity index (χ3v) is 11.1. The third kappa shape index (κ3) is 28.7. The van der Waals surface area contributed by atoms with Gasteiger partial charge in [-0.3, -0.25) is 14.1 Å². The molecule has 0 aromatic rings. The molecular weight excluding hydrogens is 741 g/mol. The van der Waals surface area contributed by atoms with E-state index in [0.29, 0.717) is 12.8 Å². The van der Waals surface area contributed by atoms with Crippen molar-refractivity contribution in [2.45, 2.75) is 230 Å². The number of unbranched alkanes of at least 4 members (excludes halogenated alkanes) is 23. The summed E-state index contributed by atoms with van der Waals surface area (Å²) >= 11 is 0. The molecule has 1 saturated heterocycles. The van der Waals surface area contributed by atoms with Crippen molar-refractivity contribution in [3.05, 3.63) is 12.2 Å². The SMILES string of the molecule is CCCCCCCC/C=C/CCCCCCCC(=O)OC[C@H](CO[C@H]1O[C@H](CS(=O)(=O)O)[C@@H](O)C(O)C1O)OC(=O)CCCCCCCCCCCCCCC. The summed E-state index contributed by atoms with van der Waals surface area (Å²) in [5.74, 6) is -1.98. The van der Waals surface area contributed by atoms with Crippen LogP contribution in [0.4, 0.5) is 0 Å². The monoisotopic (exact) mass is 821 g/mol. The predicted molar refractivity (Wildman–Crippen MR) is 220 cm³/mol. The van der Waals surface area contributed by atoms with Crippen LogP contribution in [-0.4, -0.2) is 96.0 Å². The molecule has 6 atom stereocenters. The zero-order chi connectivity index (χ0) is 41.3. The second kappa shape index (κ2) is 34.3. The van der Waals surface area contributed by atoms with Crippen LogP contribution in [0.1, 0.15) is 194 Å². The van der Waals surface area contributed by atoms with Crippen molar-refractivity contribution in [3.63, 3.8) is 0 Å². The van der Waals surface area contributed by atoms with Crippen LogP contribution in [0.15, 0.2) is 12.2 Å². The number of ether oxygens (including phenoxy) is 4.